The molecule has 0 aliphatic heterocycles. The van der Waals surface area contributed by atoms with Crippen molar-refractivity contribution in [3.8, 4) is 6.07 Å². The molecular weight excluding hydrogens is 190 g/mol. The van der Waals surface area contributed by atoms with Crippen LogP contribution in [0.5, 0.6) is 0 Å². The Hall–Kier alpha value is -1.41. The highest BCUT2D eigenvalue weighted by Gasteiger charge is 2.07. The molecule has 0 aliphatic carbocycles. The van der Waals surface area contributed by atoms with Crippen molar-refractivity contribution in [2.24, 2.45) is 0 Å². The largest absolute Gasteiger partial charge is 0.317 e. The van der Waals surface area contributed by atoms with E-state index in [2.05, 4.69) is 35.4 Å². The van der Waals surface area contributed by atoms with E-state index >= 15 is 0 Å². The van der Waals surface area contributed by atoms with Crippen molar-refractivity contribution < 1.29 is 0 Å². The van der Waals surface area contributed by atoms with Gasteiger partial charge in [0.15, 0.2) is 0 Å². The maximum atomic E-state index is 8.60. The lowest BCUT2D eigenvalue weighted by atomic mass is 10.2. The molecule has 1 rings (SSSR count). The normalized spacial score (nSPS) is 12.3. The van der Waals surface area contributed by atoms with Gasteiger partial charge >= 0.3 is 0 Å². The van der Waals surface area contributed by atoms with Gasteiger partial charge in [-0.25, -0.2) is 0 Å². The SMILES string of the molecule is CCC(CC#N)NCc1nncn1CC. The van der Waals surface area contributed by atoms with Crippen molar-refractivity contribution in [3.63, 3.8) is 0 Å². The van der Waals surface area contributed by atoms with Crippen LogP contribution in [0.4, 0.5) is 0 Å². The summed E-state index contributed by atoms with van der Waals surface area (Å²) >= 11 is 0. The van der Waals surface area contributed by atoms with E-state index in [0.29, 0.717) is 13.0 Å². The summed E-state index contributed by atoms with van der Waals surface area (Å²) in [4.78, 5) is 0. The number of nitrogens with one attached hydrogen (secondary N) is 1. The van der Waals surface area contributed by atoms with E-state index in [1.54, 1.807) is 6.33 Å². The number of nitriles is 1. The van der Waals surface area contributed by atoms with Crippen LogP contribution in [0.2, 0.25) is 0 Å². The maximum absolute atomic E-state index is 8.60. The molecular formula is C10H17N5. The van der Waals surface area contributed by atoms with Crippen LogP contribution < -0.4 is 5.32 Å². The zero-order valence-corrected chi connectivity index (χ0v) is 9.27. The minimum atomic E-state index is 0.247. The van der Waals surface area contributed by atoms with E-state index in [1.807, 2.05) is 4.57 Å². The summed E-state index contributed by atoms with van der Waals surface area (Å²) in [7, 11) is 0. The second-order valence-electron chi connectivity index (χ2n) is 3.38. The van der Waals surface area contributed by atoms with Crippen molar-refractivity contribution in [3.05, 3.63) is 12.2 Å². The summed E-state index contributed by atoms with van der Waals surface area (Å²) in [5.41, 5.74) is 0. The lowest BCUT2D eigenvalue weighted by molar-refractivity contribution is 0.485. The van der Waals surface area contributed by atoms with Gasteiger partial charge < -0.3 is 9.88 Å². The average molecular weight is 207 g/mol. The Kier molecular flexibility index (Phi) is 4.78. The fourth-order valence-electron chi connectivity index (χ4n) is 1.39. The second kappa shape index (κ2) is 6.14. The molecule has 0 amide bonds. The van der Waals surface area contributed by atoms with Crippen LogP contribution in [0.3, 0.4) is 0 Å². The molecule has 0 aromatic carbocycles. The van der Waals surface area contributed by atoms with Crippen molar-refractivity contribution in [2.75, 3.05) is 0 Å². The third-order valence-electron chi connectivity index (χ3n) is 2.42. The Morgan fingerprint density at radius 1 is 1.60 bits per heavy atom. The van der Waals surface area contributed by atoms with E-state index < -0.39 is 0 Å². The minimum absolute atomic E-state index is 0.247. The fourth-order valence-corrected chi connectivity index (χ4v) is 1.39. The summed E-state index contributed by atoms with van der Waals surface area (Å²) < 4.78 is 1.99. The van der Waals surface area contributed by atoms with Crippen LogP contribution in [0, 0.1) is 11.3 Å². The molecule has 1 unspecified atom stereocenters. The fraction of sp³-hybridized carbons (Fsp3) is 0.700. The van der Waals surface area contributed by atoms with Gasteiger partial charge in [-0.05, 0) is 13.3 Å². The van der Waals surface area contributed by atoms with Crippen molar-refractivity contribution in [2.45, 2.75) is 45.8 Å². The first-order valence-corrected chi connectivity index (χ1v) is 5.28. The zero-order valence-electron chi connectivity index (χ0n) is 9.27. The van der Waals surface area contributed by atoms with Crippen LogP contribution in [0.1, 0.15) is 32.5 Å². The first-order valence-electron chi connectivity index (χ1n) is 5.28. The molecule has 1 heterocycles. The third-order valence-corrected chi connectivity index (χ3v) is 2.42. The summed E-state index contributed by atoms with van der Waals surface area (Å²) in [5, 5.41) is 19.8. The van der Waals surface area contributed by atoms with Gasteiger partial charge in [0.25, 0.3) is 0 Å². The van der Waals surface area contributed by atoms with Gasteiger partial charge in [0.2, 0.25) is 0 Å². The molecule has 0 aliphatic rings. The smallest absolute Gasteiger partial charge is 0.146 e. The zero-order chi connectivity index (χ0) is 11.1. The Balaban J connectivity index is 2.45. The van der Waals surface area contributed by atoms with Crippen LogP contribution >= 0.6 is 0 Å². The lowest BCUT2D eigenvalue weighted by Gasteiger charge is -2.12. The molecule has 0 radical (unpaired) electrons. The summed E-state index contributed by atoms with van der Waals surface area (Å²) in [6.07, 6.45) is 3.22. The molecule has 1 N–H and O–H groups in total. The van der Waals surface area contributed by atoms with E-state index in [9.17, 15) is 0 Å². The number of hydrogen-bond acceptors (Lipinski definition) is 4. The van der Waals surface area contributed by atoms with E-state index in [-0.39, 0.29) is 6.04 Å². The maximum Gasteiger partial charge on any atom is 0.146 e. The molecule has 5 nitrogen and oxygen atoms in total. The van der Waals surface area contributed by atoms with Crippen molar-refractivity contribution in [1.29, 1.82) is 5.26 Å². The molecule has 0 saturated heterocycles. The summed E-state index contributed by atoms with van der Waals surface area (Å²) in [5.74, 6) is 0.925. The molecule has 0 fully saturated rings. The number of aromatic nitrogens is 3. The van der Waals surface area contributed by atoms with Gasteiger partial charge in [-0.2, -0.15) is 5.26 Å². The van der Waals surface area contributed by atoms with Crippen LogP contribution in [0.25, 0.3) is 0 Å². The van der Waals surface area contributed by atoms with Crippen molar-refractivity contribution in [1.82, 2.24) is 20.1 Å². The van der Waals surface area contributed by atoms with Gasteiger partial charge in [-0.3, -0.25) is 0 Å². The summed E-state index contributed by atoms with van der Waals surface area (Å²) in [6, 6.07) is 2.42. The van der Waals surface area contributed by atoms with Crippen LogP contribution in [-0.4, -0.2) is 20.8 Å². The highest BCUT2D eigenvalue weighted by atomic mass is 15.3. The average Bonchev–Trinajstić information content (AvgIpc) is 2.71. The predicted octanol–water partition coefficient (Wildman–Crippen LogP) is 1.08. The Bertz CT molecular complexity index is 325. The Labute approximate surface area is 90.1 Å². The molecule has 1 atom stereocenters. The molecule has 0 saturated carbocycles. The number of hydrogen-bond donors (Lipinski definition) is 1. The lowest BCUT2D eigenvalue weighted by Crippen LogP contribution is -2.28. The molecule has 15 heavy (non-hydrogen) atoms. The number of nitrogens with zero attached hydrogens (tertiary/aromatic N) is 4. The second-order valence-corrected chi connectivity index (χ2v) is 3.38. The molecule has 5 heteroatoms. The van der Waals surface area contributed by atoms with Gasteiger partial charge in [-0.15, -0.1) is 10.2 Å². The molecule has 1 aromatic rings. The van der Waals surface area contributed by atoms with Gasteiger partial charge in [0.05, 0.1) is 19.0 Å². The standard InChI is InChI=1S/C10H17N5/c1-3-9(5-6-11)12-7-10-14-13-8-15(10)4-2/h8-9,12H,3-5,7H2,1-2H3. The van der Waals surface area contributed by atoms with E-state index in [4.69, 9.17) is 5.26 Å². The van der Waals surface area contributed by atoms with Crippen LogP contribution in [-0.2, 0) is 13.1 Å². The first kappa shape index (κ1) is 11.7. The van der Waals surface area contributed by atoms with Crippen LogP contribution in [0.15, 0.2) is 6.33 Å². The molecule has 82 valence electrons. The monoisotopic (exact) mass is 207 g/mol. The molecule has 0 bridgehead atoms. The molecule has 1 aromatic heterocycles. The highest BCUT2D eigenvalue weighted by Crippen LogP contribution is 1.99. The van der Waals surface area contributed by atoms with Gasteiger partial charge in [-0.1, -0.05) is 6.92 Å². The van der Waals surface area contributed by atoms with Gasteiger partial charge in [0, 0.05) is 12.6 Å². The molecule has 0 spiro atoms. The van der Waals surface area contributed by atoms with Gasteiger partial charge in [0.1, 0.15) is 12.2 Å². The predicted molar refractivity (Wildman–Crippen MR) is 56.8 cm³/mol. The topological polar surface area (TPSA) is 66.5 Å². The Morgan fingerprint density at radius 2 is 2.40 bits per heavy atom. The van der Waals surface area contributed by atoms with Crippen molar-refractivity contribution >= 4 is 0 Å². The number of rotatable bonds is 6. The Morgan fingerprint density at radius 3 is 3.00 bits per heavy atom. The summed E-state index contributed by atoms with van der Waals surface area (Å²) in [6.45, 7) is 5.67. The minimum Gasteiger partial charge on any atom is -0.317 e. The highest BCUT2D eigenvalue weighted by molar-refractivity contribution is 4.87. The number of aryl methyl sites for hydroxylation is 1. The quantitative estimate of drug-likeness (QED) is 0.758. The third kappa shape index (κ3) is 3.33. The first-order chi connectivity index (χ1) is 7.31. The van der Waals surface area contributed by atoms with E-state index in [1.165, 1.54) is 0 Å². The van der Waals surface area contributed by atoms with E-state index in [0.717, 1.165) is 18.8 Å².